The second-order valence-electron chi connectivity index (χ2n) is 5.05. The van der Waals surface area contributed by atoms with Crippen LogP contribution in [0, 0.1) is 10.1 Å². The van der Waals surface area contributed by atoms with E-state index < -0.39 is 4.92 Å². The van der Waals surface area contributed by atoms with Gasteiger partial charge in [0.05, 0.1) is 4.92 Å². The van der Waals surface area contributed by atoms with Gasteiger partial charge in [-0.2, -0.15) is 0 Å². The lowest BCUT2D eigenvalue weighted by Crippen LogP contribution is -2.51. The van der Waals surface area contributed by atoms with Crippen molar-refractivity contribution in [1.29, 1.82) is 0 Å². The van der Waals surface area contributed by atoms with Crippen molar-refractivity contribution < 1.29 is 9.72 Å². The first-order valence-corrected chi connectivity index (χ1v) is 6.79. The molecule has 6 nitrogen and oxygen atoms in total. The number of likely N-dealkylation sites (N-methyl/N-ethyl adjacent to an activating group) is 1. The van der Waals surface area contributed by atoms with E-state index in [4.69, 9.17) is 0 Å². The Balaban J connectivity index is 2.29. The number of hydrogen-bond acceptors (Lipinski definition) is 5. The number of piperazine rings is 1. The Kier molecular flexibility index (Phi) is 4.34. The molecule has 0 bridgehead atoms. The lowest BCUT2D eigenvalue weighted by molar-refractivity contribution is -0.384. The molecule has 0 aliphatic carbocycles. The van der Waals surface area contributed by atoms with Crippen LogP contribution in [0.15, 0.2) is 18.2 Å². The minimum absolute atomic E-state index is 0.00625. The highest BCUT2D eigenvalue weighted by Crippen LogP contribution is 2.30. The first-order chi connectivity index (χ1) is 9.56. The van der Waals surface area contributed by atoms with Crippen molar-refractivity contribution in [3.05, 3.63) is 33.9 Å². The summed E-state index contributed by atoms with van der Waals surface area (Å²) in [7, 11) is 0. The molecule has 6 heteroatoms. The minimum atomic E-state index is -0.417. The molecule has 108 valence electrons. The third-order valence-electron chi connectivity index (χ3n) is 3.84. The van der Waals surface area contributed by atoms with E-state index in [2.05, 4.69) is 18.7 Å². The van der Waals surface area contributed by atoms with Gasteiger partial charge in [-0.1, -0.05) is 6.92 Å². The predicted octanol–water partition coefficient (Wildman–Crippen LogP) is 1.94. The van der Waals surface area contributed by atoms with E-state index in [1.54, 1.807) is 12.1 Å². The largest absolute Gasteiger partial charge is 0.363 e. The molecule has 0 amide bonds. The lowest BCUT2D eigenvalue weighted by atomic mass is 10.1. The molecular weight excluding hydrogens is 258 g/mol. The molecule has 20 heavy (non-hydrogen) atoms. The zero-order valence-electron chi connectivity index (χ0n) is 11.8. The van der Waals surface area contributed by atoms with Crippen LogP contribution in [0.1, 0.15) is 24.2 Å². The van der Waals surface area contributed by atoms with Gasteiger partial charge in [0, 0.05) is 37.3 Å². The number of hydrogen-bond donors (Lipinski definition) is 0. The van der Waals surface area contributed by atoms with Crippen LogP contribution in [0.2, 0.25) is 0 Å². The summed E-state index contributed by atoms with van der Waals surface area (Å²) in [5.41, 5.74) is 0.940. The van der Waals surface area contributed by atoms with Gasteiger partial charge in [0.1, 0.15) is 12.0 Å². The van der Waals surface area contributed by atoms with Gasteiger partial charge >= 0.3 is 0 Å². The average molecular weight is 277 g/mol. The number of carbonyl (C=O) groups excluding carboxylic acids is 1. The molecule has 0 N–H and O–H groups in total. The van der Waals surface area contributed by atoms with E-state index in [-0.39, 0.29) is 5.69 Å². The van der Waals surface area contributed by atoms with Gasteiger partial charge in [-0.3, -0.25) is 19.8 Å². The summed E-state index contributed by atoms with van der Waals surface area (Å²) in [4.78, 5) is 25.9. The molecule has 1 fully saturated rings. The first kappa shape index (κ1) is 14.5. The number of aldehydes is 1. The Morgan fingerprint density at radius 1 is 1.45 bits per heavy atom. The SMILES string of the molecule is CCN1CCN(c2ccc(C=O)cc2[N+](=O)[O-])CC1C. The van der Waals surface area contributed by atoms with E-state index in [1.807, 2.05) is 4.90 Å². The summed E-state index contributed by atoms with van der Waals surface area (Å²) in [6.45, 7) is 7.65. The van der Waals surface area contributed by atoms with Crippen LogP contribution >= 0.6 is 0 Å². The molecule has 1 unspecified atom stereocenters. The molecule has 0 aromatic heterocycles. The summed E-state index contributed by atoms with van der Waals surface area (Å²) in [5, 5.41) is 11.2. The highest BCUT2D eigenvalue weighted by Gasteiger charge is 2.27. The topological polar surface area (TPSA) is 66.7 Å². The molecule has 1 saturated heterocycles. The molecule has 1 aromatic carbocycles. The third-order valence-corrected chi connectivity index (χ3v) is 3.84. The predicted molar refractivity (Wildman–Crippen MR) is 77.4 cm³/mol. The van der Waals surface area contributed by atoms with Crippen molar-refractivity contribution in [1.82, 2.24) is 4.90 Å². The monoisotopic (exact) mass is 277 g/mol. The number of nitrogens with zero attached hydrogens (tertiary/aromatic N) is 3. The number of benzene rings is 1. The van der Waals surface area contributed by atoms with E-state index in [0.29, 0.717) is 23.6 Å². The average Bonchev–Trinajstić information content (AvgIpc) is 2.46. The van der Waals surface area contributed by atoms with Crippen LogP contribution in [0.5, 0.6) is 0 Å². The van der Waals surface area contributed by atoms with Crippen LogP contribution in [0.4, 0.5) is 11.4 Å². The van der Waals surface area contributed by atoms with E-state index in [1.165, 1.54) is 6.07 Å². The van der Waals surface area contributed by atoms with Gasteiger partial charge in [0.25, 0.3) is 5.69 Å². The highest BCUT2D eigenvalue weighted by molar-refractivity contribution is 5.79. The van der Waals surface area contributed by atoms with Gasteiger partial charge in [0.2, 0.25) is 0 Å². The molecule has 0 saturated carbocycles. The van der Waals surface area contributed by atoms with E-state index >= 15 is 0 Å². The molecule has 2 rings (SSSR count). The molecule has 1 heterocycles. The molecule has 0 spiro atoms. The van der Waals surface area contributed by atoms with Crippen LogP contribution in [0.3, 0.4) is 0 Å². The number of nitro groups is 1. The van der Waals surface area contributed by atoms with Gasteiger partial charge in [-0.25, -0.2) is 0 Å². The van der Waals surface area contributed by atoms with Crippen molar-refractivity contribution >= 4 is 17.7 Å². The normalized spacial score (nSPS) is 19.9. The third kappa shape index (κ3) is 2.80. The van der Waals surface area contributed by atoms with Crippen molar-refractivity contribution in [2.75, 3.05) is 31.1 Å². The summed E-state index contributed by atoms with van der Waals surface area (Å²) >= 11 is 0. The Hall–Kier alpha value is -1.95. The van der Waals surface area contributed by atoms with Crippen LogP contribution in [0.25, 0.3) is 0 Å². The van der Waals surface area contributed by atoms with Crippen molar-refractivity contribution in [2.24, 2.45) is 0 Å². The standard InChI is InChI=1S/C14H19N3O3/c1-3-15-6-7-16(9-11(15)2)13-5-4-12(10-18)8-14(13)17(19)20/h4-5,8,10-11H,3,6-7,9H2,1-2H3. The maximum absolute atomic E-state index is 11.2. The number of carbonyl (C=O) groups is 1. The second-order valence-corrected chi connectivity index (χ2v) is 5.05. The first-order valence-electron chi connectivity index (χ1n) is 6.79. The van der Waals surface area contributed by atoms with Crippen LogP contribution in [-0.2, 0) is 0 Å². The summed E-state index contributed by atoms with van der Waals surface area (Å²) in [6, 6.07) is 5.01. The van der Waals surface area contributed by atoms with E-state index in [9.17, 15) is 14.9 Å². The molecule has 1 aliphatic heterocycles. The lowest BCUT2D eigenvalue weighted by Gasteiger charge is -2.40. The maximum atomic E-state index is 11.2. The molecule has 1 aliphatic rings. The number of nitro benzene ring substituents is 1. The van der Waals surface area contributed by atoms with Gasteiger partial charge in [0.15, 0.2) is 0 Å². The van der Waals surface area contributed by atoms with Crippen LogP contribution < -0.4 is 4.90 Å². The zero-order chi connectivity index (χ0) is 14.7. The smallest absolute Gasteiger partial charge is 0.293 e. The Morgan fingerprint density at radius 3 is 2.75 bits per heavy atom. The van der Waals surface area contributed by atoms with Gasteiger partial charge in [-0.05, 0) is 25.6 Å². The second kappa shape index (κ2) is 6.00. The Morgan fingerprint density at radius 2 is 2.20 bits per heavy atom. The Bertz CT molecular complexity index is 518. The molecular formula is C14H19N3O3. The highest BCUT2D eigenvalue weighted by atomic mass is 16.6. The maximum Gasteiger partial charge on any atom is 0.293 e. The zero-order valence-corrected chi connectivity index (χ0v) is 11.8. The van der Waals surface area contributed by atoms with Crippen molar-refractivity contribution in [2.45, 2.75) is 19.9 Å². The van der Waals surface area contributed by atoms with Crippen LogP contribution in [-0.4, -0.2) is 48.3 Å². The summed E-state index contributed by atoms with van der Waals surface area (Å²) in [5.74, 6) is 0. The molecule has 1 aromatic rings. The number of anilines is 1. The number of rotatable bonds is 4. The molecule has 0 radical (unpaired) electrons. The van der Waals surface area contributed by atoms with E-state index in [0.717, 1.165) is 26.2 Å². The molecule has 1 atom stereocenters. The Labute approximate surface area is 118 Å². The quantitative estimate of drug-likeness (QED) is 0.478. The fourth-order valence-corrected chi connectivity index (χ4v) is 2.71. The van der Waals surface area contributed by atoms with Crippen molar-refractivity contribution in [3.63, 3.8) is 0 Å². The minimum Gasteiger partial charge on any atom is -0.363 e. The summed E-state index contributed by atoms with van der Waals surface area (Å²) < 4.78 is 0. The van der Waals surface area contributed by atoms with Crippen molar-refractivity contribution in [3.8, 4) is 0 Å². The van der Waals surface area contributed by atoms with Gasteiger partial charge in [-0.15, -0.1) is 0 Å². The summed E-state index contributed by atoms with van der Waals surface area (Å²) in [6.07, 6.45) is 0.633. The fourth-order valence-electron chi connectivity index (χ4n) is 2.71. The fraction of sp³-hybridized carbons (Fsp3) is 0.500. The van der Waals surface area contributed by atoms with Gasteiger partial charge < -0.3 is 4.90 Å².